The first kappa shape index (κ1) is 30.4. The van der Waals surface area contributed by atoms with Gasteiger partial charge < -0.3 is 14.3 Å². The lowest BCUT2D eigenvalue weighted by Crippen LogP contribution is -2.09. The van der Waals surface area contributed by atoms with E-state index in [4.69, 9.17) is 9.15 Å². The molecule has 0 spiro atoms. The Bertz CT molecular complexity index is 1420. The highest BCUT2D eigenvalue weighted by Crippen LogP contribution is 2.41. The van der Waals surface area contributed by atoms with Gasteiger partial charge in [-0.05, 0) is 42.3 Å². The van der Waals surface area contributed by atoms with Gasteiger partial charge in [-0.3, -0.25) is 4.79 Å². The monoisotopic (exact) mass is 556 g/mol. The Labute approximate surface area is 243 Å². The van der Waals surface area contributed by atoms with Gasteiger partial charge in [0.2, 0.25) is 0 Å². The first-order chi connectivity index (χ1) is 20.1. The van der Waals surface area contributed by atoms with Crippen molar-refractivity contribution < 1.29 is 19.1 Å². The van der Waals surface area contributed by atoms with Gasteiger partial charge in [-0.2, -0.15) is 0 Å². The van der Waals surface area contributed by atoms with Crippen molar-refractivity contribution in [2.24, 2.45) is 0 Å². The molecule has 0 atom stereocenters. The average Bonchev–Trinajstić information content (AvgIpc) is 2.97. The fraction of sp³-hybridized carbons (Fsp3) is 0.444. The molecule has 1 N–H and O–H groups in total. The van der Waals surface area contributed by atoms with Crippen molar-refractivity contribution >= 4 is 16.9 Å². The third kappa shape index (κ3) is 8.69. The molecule has 1 aliphatic heterocycles. The van der Waals surface area contributed by atoms with E-state index in [0.29, 0.717) is 29.1 Å². The second-order valence-electron chi connectivity index (χ2n) is 11.1. The van der Waals surface area contributed by atoms with E-state index in [9.17, 15) is 14.7 Å². The summed E-state index contributed by atoms with van der Waals surface area (Å²) >= 11 is 0. The molecular formula is C36H44O5. The van der Waals surface area contributed by atoms with Gasteiger partial charge in [0.05, 0.1) is 12.2 Å². The number of hydrogen-bond acceptors (Lipinski definition) is 5. The van der Waals surface area contributed by atoms with Crippen LogP contribution < -0.4 is 5.43 Å². The number of fused-ring (bicyclic) bond motifs is 2. The molecule has 0 aromatic heterocycles. The third-order valence-electron chi connectivity index (χ3n) is 7.82. The van der Waals surface area contributed by atoms with E-state index in [1.165, 1.54) is 95.2 Å². The van der Waals surface area contributed by atoms with Crippen LogP contribution in [0.2, 0.25) is 0 Å². The molecule has 1 aliphatic carbocycles. The Balaban J connectivity index is 1.28. The molecule has 2 aliphatic rings. The topological polar surface area (TPSA) is 76.7 Å². The molecule has 218 valence electrons. The Morgan fingerprint density at radius 2 is 1.37 bits per heavy atom. The zero-order valence-corrected chi connectivity index (χ0v) is 24.5. The lowest BCUT2D eigenvalue weighted by Gasteiger charge is -2.17. The predicted molar refractivity (Wildman–Crippen MR) is 167 cm³/mol. The number of carbonyl (C=O) groups excluding carboxylic acids is 1. The summed E-state index contributed by atoms with van der Waals surface area (Å²) in [5, 5.41) is 10.8. The summed E-state index contributed by atoms with van der Waals surface area (Å²) in [4.78, 5) is 25.3. The molecule has 5 heteroatoms. The second kappa shape index (κ2) is 16.0. The predicted octanol–water partition coefficient (Wildman–Crippen LogP) is 9.91. The van der Waals surface area contributed by atoms with Crippen LogP contribution in [0.15, 0.2) is 69.9 Å². The van der Waals surface area contributed by atoms with E-state index in [1.54, 1.807) is 24.3 Å². The number of benzene rings is 3. The van der Waals surface area contributed by atoms with Gasteiger partial charge in [0.15, 0.2) is 5.43 Å². The van der Waals surface area contributed by atoms with Gasteiger partial charge in [0, 0.05) is 28.6 Å². The smallest absolute Gasteiger partial charge is 0.338 e. The van der Waals surface area contributed by atoms with Crippen LogP contribution in [0.5, 0.6) is 5.75 Å². The van der Waals surface area contributed by atoms with Gasteiger partial charge in [0.1, 0.15) is 17.1 Å². The Morgan fingerprint density at radius 1 is 0.732 bits per heavy atom. The van der Waals surface area contributed by atoms with E-state index in [-0.39, 0.29) is 17.1 Å². The van der Waals surface area contributed by atoms with Crippen LogP contribution >= 0.6 is 0 Å². The van der Waals surface area contributed by atoms with E-state index < -0.39 is 0 Å². The van der Waals surface area contributed by atoms with Gasteiger partial charge in [0.25, 0.3) is 0 Å². The molecule has 0 unspecified atom stereocenters. The molecule has 0 amide bonds. The molecule has 1 heterocycles. The number of unbranched alkanes of at least 4 members (excludes halogenated alkanes) is 13. The molecule has 0 fully saturated rings. The molecule has 0 bridgehead atoms. The second-order valence-corrected chi connectivity index (χ2v) is 11.1. The van der Waals surface area contributed by atoms with Crippen LogP contribution in [0.4, 0.5) is 0 Å². The average molecular weight is 557 g/mol. The number of phenols is 1. The minimum absolute atomic E-state index is 0.0608. The highest BCUT2D eigenvalue weighted by Gasteiger charge is 2.22. The van der Waals surface area contributed by atoms with Crippen molar-refractivity contribution in [3.63, 3.8) is 0 Å². The van der Waals surface area contributed by atoms with Crippen LogP contribution in [0.3, 0.4) is 0 Å². The summed E-state index contributed by atoms with van der Waals surface area (Å²) in [5.41, 5.74) is 2.91. The summed E-state index contributed by atoms with van der Waals surface area (Å²) < 4.78 is 11.7. The quantitative estimate of drug-likeness (QED) is 0.0795. The first-order valence-electron chi connectivity index (χ1n) is 15.5. The van der Waals surface area contributed by atoms with Crippen molar-refractivity contribution in [1.82, 2.24) is 0 Å². The molecule has 0 radical (unpaired) electrons. The maximum absolute atomic E-state index is 13.2. The van der Waals surface area contributed by atoms with Crippen LogP contribution in [0.25, 0.3) is 33.4 Å². The highest BCUT2D eigenvalue weighted by atomic mass is 16.5. The first-order valence-corrected chi connectivity index (χ1v) is 15.5. The van der Waals surface area contributed by atoms with E-state index in [2.05, 4.69) is 6.92 Å². The van der Waals surface area contributed by atoms with Crippen molar-refractivity contribution in [3.8, 4) is 28.2 Å². The fourth-order valence-corrected chi connectivity index (χ4v) is 5.57. The SMILES string of the molecule is CCCCCCCCCCCCCCCCOC(=O)c1ccccc1-c1c2ccc(=O)cc-2oc2cc(O)ccc12. The standard InChI is InChI=1S/C36H44O5/c1-2-3-4-5-6-7-8-9-10-11-12-13-14-17-24-40-36(39)30-19-16-15-18-29(30)35-31-22-20-27(37)25-33(31)41-34-26-28(38)21-23-32(34)35/h15-16,18-23,25-26,37H,2-14,17,24H2,1H3. The normalized spacial score (nSPS) is 11.3. The third-order valence-corrected chi connectivity index (χ3v) is 7.82. The zero-order chi connectivity index (χ0) is 28.9. The molecule has 41 heavy (non-hydrogen) atoms. The fourth-order valence-electron chi connectivity index (χ4n) is 5.57. The Morgan fingerprint density at radius 3 is 2.05 bits per heavy atom. The van der Waals surface area contributed by atoms with Crippen molar-refractivity contribution in [1.29, 1.82) is 0 Å². The number of esters is 1. The van der Waals surface area contributed by atoms with Crippen LogP contribution in [-0.4, -0.2) is 17.7 Å². The minimum atomic E-state index is -0.364. The summed E-state index contributed by atoms with van der Waals surface area (Å²) in [6.45, 7) is 2.66. The molecular weight excluding hydrogens is 512 g/mol. The molecule has 2 aromatic rings. The van der Waals surface area contributed by atoms with Gasteiger partial charge >= 0.3 is 5.97 Å². The number of hydrogen-bond donors (Lipinski definition) is 1. The molecule has 4 rings (SSSR count). The zero-order valence-electron chi connectivity index (χ0n) is 24.5. The molecule has 5 nitrogen and oxygen atoms in total. The number of carbonyl (C=O) groups is 1. The molecule has 0 saturated heterocycles. The van der Waals surface area contributed by atoms with Crippen LogP contribution in [0, 0.1) is 0 Å². The van der Waals surface area contributed by atoms with Crippen molar-refractivity contribution in [2.45, 2.75) is 96.8 Å². The number of rotatable bonds is 17. The summed E-state index contributed by atoms with van der Waals surface area (Å²) in [6, 6.07) is 16.9. The Hall–Kier alpha value is -3.60. The number of aromatic hydroxyl groups is 1. The largest absolute Gasteiger partial charge is 0.508 e. The minimum Gasteiger partial charge on any atom is -0.508 e. The summed E-state index contributed by atoms with van der Waals surface area (Å²) in [6.07, 6.45) is 17.9. The van der Waals surface area contributed by atoms with Gasteiger partial charge in [-0.1, -0.05) is 109 Å². The summed E-state index contributed by atoms with van der Waals surface area (Å²) in [7, 11) is 0. The lowest BCUT2D eigenvalue weighted by molar-refractivity contribution is 0.0498. The maximum atomic E-state index is 13.2. The molecule has 2 aromatic carbocycles. The van der Waals surface area contributed by atoms with E-state index >= 15 is 0 Å². The van der Waals surface area contributed by atoms with Gasteiger partial charge in [-0.25, -0.2) is 4.79 Å². The molecule has 0 saturated carbocycles. The maximum Gasteiger partial charge on any atom is 0.338 e. The van der Waals surface area contributed by atoms with Crippen molar-refractivity contribution in [2.75, 3.05) is 6.61 Å². The number of phenolic OH excluding ortho intramolecular Hbond substituents is 1. The number of ether oxygens (including phenoxy) is 1. The van der Waals surface area contributed by atoms with Crippen LogP contribution in [-0.2, 0) is 4.74 Å². The van der Waals surface area contributed by atoms with Gasteiger partial charge in [-0.15, -0.1) is 0 Å². The van der Waals surface area contributed by atoms with E-state index in [1.807, 2.05) is 18.2 Å². The summed E-state index contributed by atoms with van der Waals surface area (Å²) in [5.74, 6) is 0.0958. The lowest BCUT2D eigenvalue weighted by atomic mass is 9.91. The van der Waals surface area contributed by atoms with Crippen LogP contribution in [0.1, 0.15) is 107 Å². The Kier molecular flexibility index (Phi) is 11.8. The highest BCUT2D eigenvalue weighted by molar-refractivity contribution is 6.07. The van der Waals surface area contributed by atoms with E-state index in [0.717, 1.165) is 29.4 Å². The van der Waals surface area contributed by atoms with Crippen molar-refractivity contribution in [3.05, 3.63) is 76.5 Å².